The van der Waals surface area contributed by atoms with Gasteiger partial charge in [0.05, 0.1) is 0 Å². The zero-order valence-corrected chi connectivity index (χ0v) is 9.22. The summed E-state index contributed by atoms with van der Waals surface area (Å²) in [5.41, 5.74) is 2.02. The third-order valence-corrected chi connectivity index (χ3v) is 1.61. The molecule has 0 fully saturated rings. The van der Waals surface area contributed by atoms with Crippen LogP contribution in [0.25, 0.3) is 11.1 Å². The third-order valence-electron chi connectivity index (χ3n) is 1.61. The second kappa shape index (κ2) is 4.90. The van der Waals surface area contributed by atoms with Crippen LogP contribution in [0, 0.1) is 12.3 Å². The number of rotatable bonds is 1. The van der Waals surface area contributed by atoms with Crippen LogP contribution in [0.2, 0.25) is 0 Å². The van der Waals surface area contributed by atoms with E-state index in [9.17, 15) is 0 Å². The summed E-state index contributed by atoms with van der Waals surface area (Å²) in [4.78, 5) is 3.92. The topological polar surface area (TPSA) is 12.9 Å². The Hall–Kier alpha value is -0.981. The van der Waals surface area contributed by atoms with E-state index in [0.717, 1.165) is 11.1 Å². The molecule has 1 aromatic heterocycles. The number of hydrogen-bond acceptors (Lipinski definition) is 1. The minimum Gasteiger partial charge on any atom is -0.371 e. The quantitative estimate of drug-likeness (QED) is 0.723. The third kappa shape index (κ3) is 2.48. The van der Waals surface area contributed by atoms with Gasteiger partial charge in [-0.05, 0) is 0 Å². The number of aromatic nitrogens is 1. The standard InChI is InChI=1S/C11H7N.Ir/c1-2-5-10(6-3-1)11-7-4-8-12-9-11;/h1-5,7-8H;/q-2;. The van der Waals surface area contributed by atoms with Crippen LogP contribution in [0.5, 0.6) is 0 Å². The Morgan fingerprint density at radius 3 is 2.46 bits per heavy atom. The minimum absolute atomic E-state index is 0. The van der Waals surface area contributed by atoms with E-state index in [1.54, 1.807) is 6.20 Å². The molecule has 0 amide bonds. The van der Waals surface area contributed by atoms with Crippen molar-refractivity contribution in [2.24, 2.45) is 0 Å². The second-order valence-electron chi connectivity index (χ2n) is 2.44. The molecule has 0 aliphatic carbocycles. The first-order valence-corrected chi connectivity index (χ1v) is 3.76. The molecule has 2 heteroatoms. The van der Waals surface area contributed by atoms with Gasteiger partial charge in [0, 0.05) is 20.1 Å². The molecule has 1 radical (unpaired) electrons. The second-order valence-corrected chi connectivity index (χ2v) is 2.44. The molecule has 0 aliphatic rings. The van der Waals surface area contributed by atoms with Crippen molar-refractivity contribution in [2.75, 3.05) is 0 Å². The summed E-state index contributed by atoms with van der Waals surface area (Å²) in [6.45, 7) is 0. The molecule has 2 aromatic rings. The fourth-order valence-electron chi connectivity index (χ4n) is 1.04. The van der Waals surface area contributed by atoms with Crippen molar-refractivity contribution in [1.82, 2.24) is 4.98 Å². The van der Waals surface area contributed by atoms with Crippen LogP contribution in [0.4, 0.5) is 0 Å². The molecule has 0 unspecified atom stereocenters. The maximum absolute atomic E-state index is 3.92. The van der Waals surface area contributed by atoms with Crippen molar-refractivity contribution < 1.29 is 20.1 Å². The predicted octanol–water partition coefficient (Wildman–Crippen LogP) is 2.35. The van der Waals surface area contributed by atoms with E-state index in [-0.39, 0.29) is 20.1 Å². The Bertz CT molecular complexity index is 307. The summed E-state index contributed by atoms with van der Waals surface area (Å²) in [5.74, 6) is 0. The molecule has 0 bridgehead atoms. The number of nitrogens with zero attached hydrogens (tertiary/aromatic N) is 1. The van der Waals surface area contributed by atoms with Crippen LogP contribution in [0.3, 0.4) is 0 Å². The average molecular weight is 345 g/mol. The van der Waals surface area contributed by atoms with Crippen LogP contribution in [0.1, 0.15) is 0 Å². The monoisotopic (exact) mass is 346 g/mol. The van der Waals surface area contributed by atoms with Gasteiger partial charge in [0.15, 0.2) is 0 Å². The molecule has 1 heterocycles. The van der Waals surface area contributed by atoms with E-state index in [2.05, 4.69) is 17.2 Å². The Labute approximate surface area is 91.2 Å². The number of benzene rings is 1. The van der Waals surface area contributed by atoms with Gasteiger partial charge in [-0.2, -0.15) is 30.3 Å². The van der Waals surface area contributed by atoms with Gasteiger partial charge < -0.3 is 4.98 Å². The molecule has 0 N–H and O–H groups in total. The smallest absolute Gasteiger partial charge is 0 e. The minimum atomic E-state index is 0. The summed E-state index contributed by atoms with van der Waals surface area (Å²) in [5, 5.41) is 0. The predicted molar refractivity (Wildman–Crippen MR) is 47.3 cm³/mol. The molecule has 0 spiro atoms. The number of hydrogen-bond donors (Lipinski definition) is 0. The summed E-state index contributed by atoms with van der Waals surface area (Å²) >= 11 is 0. The van der Waals surface area contributed by atoms with E-state index in [1.807, 2.05) is 36.4 Å². The fraction of sp³-hybridized carbons (Fsp3) is 0. The SMILES string of the molecule is [Ir].[c-]1ccccc1-c1[c-]nccc1. The zero-order chi connectivity index (χ0) is 8.23. The Kier molecular flexibility index (Phi) is 3.81. The van der Waals surface area contributed by atoms with Crippen molar-refractivity contribution >= 4 is 0 Å². The van der Waals surface area contributed by atoms with E-state index < -0.39 is 0 Å². The van der Waals surface area contributed by atoms with Crippen molar-refractivity contribution in [3.8, 4) is 11.1 Å². The van der Waals surface area contributed by atoms with Crippen molar-refractivity contribution in [1.29, 1.82) is 0 Å². The Morgan fingerprint density at radius 1 is 1.00 bits per heavy atom. The molecule has 1 aromatic carbocycles. The first-order valence-electron chi connectivity index (χ1n) is 3.76. The Balaban J connectivity index is 0.000000845. The van der Waals surface area contributed by atoms with Gasteiger partial charge in [-0.3, -0.25) is 0 Å². The van der Waals surface area contributed by atoms with Gasteiger partial charge >= 0.3 is 0 Å². The summed E-state index contributed by atoms with van der Waals surface area (Å²) in [7, 11) is 0. The van der Waals surface area contributed by atoms with Crippen LogP contribution < -0.4 is 0 Å². The molecule has 0 aliphatic heterocycles. The normalized spacial score (nSPS) is 8.92. The van der Waals surface area contributed by atoms with E-state index >= 15 is 0 Å². The van der Waals surface area contributed by atoms with Gasteiger partial charge in [0.25, 0.3) is 0 Å². The average Bonchev–Trinajstić information content (AvgIpc) is 2.21. The van der Waals surface area contributed by atoms with E-state index in [1.165, 1.54) is 0 Å². The van der Waals surface area contributed by atoms with Gasteiger partial charge in [-0.1, -0.05) is 12.4 Å². The first-order chi connectivity index (χ1) is 5.97. The molecule has 67 valence electrons. The zero-order valence-electron chi connectivity index (χ0n) is 6.82. The van der Waals surface area contributed by atoms with Crippen LogP contribution >= 0.6 is 0 Å². The van der Waals surface area contributed by atoms with Gasteiger partial charge in [0.1, 0.15) is 0 Å². The van der Waals surface area contributed by atoms with E-state index in [4.69, 9.17) is 0 Å². The van der Waals surface area contributed by atoms with Crippen molar-refractivity contribution in [3.05, 3.63) is 54.9 Å². The summed E-state index contributed by atoms with van der Waals surface area (Å²) < 4.78 is 0. The van der Waals surface area contributed by atoms with Gasteiger partial charge in [-0.25, -0.2) is 11.1 Å². The molecular formula is C11H7IrN-2. The molecule has 0 saturated heterocycles. The van der Waals surface area contributed by atoms with Crippen LogP contribution in [-0.2, 0) is 20.1 Å². The molecule has 1 nitrogen and oxygen atoms in total. The van der Waals surface area contributed by atoms with E-state index in [0.29, 0.717) is 0 Å². The van der Waals surface area contributed by atoms with Crippen LogP contribution in [0.15, 0.2) is 42.6 Å². The largest absolute Gasteiger partial charge is 0.371 e. The van der Waals surface area contributed by atoms with Crippen molar-refractivity contribution in [3.63, 3.8) is 0 Å². The maximum Gasteiger partial charge on any atom is 0 e. The molecule has 0 atom stereocenters. The molecule has 0 saturated carbocycles. The van der Waals surface area contributed by atoms with Gasteiger partial charge in [-0.15, -0.1) is 12.1 Å². The Morgan fingerprint density at radius 2 is 1.85 bits per heavy atom. The molecule has 13 heavy (non-hydrogen) atoms. The molecular weight excluding hydrogens is 338 g/mol. The van der Waals surface area contributed by atoms with Crippen molar-refractivity contribution in [2.45, 2.75) is 0 Å². The van der Waals surface area contributed by atoms with Crippen LogP contribution in [-0.4, -0.2) is 4.98 Å². The fourth-order valence-corrected chi connectivity index (χ4v) is 1.04. The number of pyridine rings is 1. The summed E-state index contributed by atoms with van der Waals surface area (Å²) in [6, 6.07) is 14.8. The molecule has 2 rings (SSSR count). The van der Waals surface area contributed by atoms with Gasteiger partial charge in [0.2, 0.25) is 0 Å². The first kappa shape index (κ1) is 10.1. The summed E-state index contributed by atoms with van der Waals surface area (Å²) in [6.07, 6.45) is 4.62. The maximum atomic E-state index is 3.92.